The summed E-state index contributed by atoms with van der Waals surface area (Å²) in [7, 11) is 4.47. The molecule has 2 rings (SSSR count). The Morgan fingerprint density at radius 1 is 1.00 bits per heavy atom. The zero-order valence-electron chi connectivity index (χ0n) is 16.0. The predicted molar refractivity (Wildman–Crippen MR) is 106 cm³/mol. The van der Waals surface area contributed by atoms with Crippen molar-refractivity contribution in [2.24, 2.45) is 0 Å². The van der Waals surface area contributed by atoms with E-state index in [1.807, 2.05) is 26.0 Å². The number of thioether (sulfide) groups is 1. The number of aryl methyl sites for hydroxylation is 1. The lowest BCUT2D eigenvalue weighted by Gasteiger charge is -2.15. The monoisotopic (exact) mass is 389 g/mol. The Balaban J connectivity index is 2.11. The van der Waals surface area contributed by atoms with E-state index in [0.29, 0.717) is 22.7 Å². The molecule has 0 saturated heterocycles. The topological polar surface area (TPSA) is 73.9 Å². The van der Waals surface area contributed by atoms with Crippen LogP contribution in [0, 0.1) is 6.92 Å². The van der Waals surface area contributed by atoms with Gasteiger partial charge in [-0.05, 0) is 49.7 Å². The molecule has 0 unspecified atom stereocenters. The van der Waals surface area contributed by atoms with Gasteiger partial charge in [0.25, 0.3) is 0 Å². The van der Waals surface area contributed by atoms with Gasteiger partial charge >= 0.3 is 5.97 Å². The first kappa shape index (κ1) is 20.6. The van der Waals surface area contributed by atoms with Gasteiger partial charge in [-0.2, -0.15) is 0 Å². The molecule has 0 aliphatic rings. The molecule has 1 amide bonds. The van der Waals surface area contributed by atoms with Crippen LogP contribution in [0.1, 0.15) is 22.8 Å². The first-order chi connectivity index (χ1) is 12.9. The molecule has 1 N–H and O–H groups in total. The van der Waals surface area contributed by atoms with E-state index in [1.54, 1.807) is 38.5 Å². The van der Waals surface area contributed by atoms with Gasteiger partial charge in [0.2, 0.25) is 5.91 Å². The normalized spacial score (nSPS) is 11.4. The summed E-state index contributed by atoms with van der Waals surface area (Å²) >= 11 is 1.40. The van der Waals surface area contributed by atoms with Crippen molar-refractivity contribution in [2.75, 3.05) is 26.6 Å². The number of rotatable bonds is 7. The highest BCUT2D eigenvalue weighted by Gasteiger charge is 2.17. The lowest BCUT2D eigenvalue weighted by atomic mass is 10.1. The second kappa shape index (κ2) is 9.32. The molecule has 2 aromatic carbocycles. The molecular weight excluding hydrogens is 366 g/mol. The number of methoxy groups -OCH3 is 3. The fraction of sp³-hybridized carbons (Fsp3) is 0.300. The summed E-state index contributed by atoms with van der Waals surface area (Å²) in [5.41, 5.74) is 1.83. The molecule has 7 heteroatoms. The molecule has 0 aliphatic heterocycles. The van der Waals surface area contributed by atoms with Crippen molar-refractivity contribution in [1.82, 2.24) is 0 Å². The van der Waals surface area contributed by atoms with Crippen LogP contribution in [-0.4, -0.2) is 38.5 Å². The van der Waals surface area contributed by atoms with Crippen LogP contribution >= 0.6 is 11.8 Å². The number of carbonyl (C=O) groups excluding carboxylic acids is 2. The minimum Gasteiger partial charge on any atom is -0.493 e. The summed E-state index contributed by atoms with van der Waals surface area (Å²) in [6.45, 7) is 3.68. The third-order valence-corrected chi connectivity index (χ3v) is 5.05. The summed E-state index contributed by atoms with van der Waals surface area (Å²) in [5, 5.41) is 2.52. The van der Waals surface area contributed by atoms with E-state index in [0.717, 1.165) is 10.5 Å². The van der Waals surface area contributed by atoms with Gasteiger partial charge < -0.3 is 19.5 Å². The molecule has 0 heterocycles. The maximum absolute atomic E-state index is 12.6. The lowest BCUT2D eigenvalue weighted by molar-refractivity contribution is -0.115. The summed E-state index contributed by atoms with van der Waals surface area (Å²) in [5.74, 6) is 0.629. The van der Waals surface area contributed by atoms with E-state index in [1.165, 1.54) is 18.9 Å². The number of benzene rings is 2. The smallest absolute Gasteiger partial charge is 0.337 e. The van der Waals surface area contributed by atoms with Gasteiger partial charge in [-0.3, -0.25) is 4.79 Å². The van der Waals surface area contributed by atoms with E-state index >= 15 is 0 Å². The third-order valence-electron chi connectivity index (χ3n) is 3.95. The molecule has 0 aromatic heterocycles. The Hall–Kier alpha value is -2.67. The molecule has 1 atom stereocenters. The number of anilines is 1. The van der Waals surface area contributed by atoms with Gasteiger partial charge in [-0.25, -0.2) is 4.79 Å². The molecule has 0 saturated carbocycles. The zero-order chi connectivity index (χ0) is 20.0. The lowest BCUT2D eigenvalue weighted by Crippen LogP contribution is -2.23. The van der Waals surface area contributed by atoms with Gasteiger partial charge in [0.1, 0.15) is 0 Å². The van der Waals surface area contributed by atoms with Crippen molar-refractivity contribution in [3.8, 4) is 11.5 Å². The molecule has 27 heavy (non-hydrogen) atoms. The molecular formula is C20H23NO5S. The van der Waals surface area contributed by atoms with Crippen LogP contribution in [0.3, 0.4) is 0 Å². The highest BCUT2D eigenvalue weighted by molar-refractivity contribution is 8.00. The highest BCUT2D eigenvalue weighted by atomic mass is 32.2. The fourth-order valence-corrected chi connectivity index (χ4v) is 3.28. The molecule has 2 aromatic rings. The second-order valence-corrected chi connectivity index (χ2v) is 7.20. The van der Waals surface area contributed by atoms with E-state index < -0.39 is 5.97 Å². The van der Waals surface area contributed by atoms with Crippen LogP contribution < -0.4 is 14.8 Å². The summed E-state index contributed by atoms with van der Waals surface area (Å²) in [6.07, 6.45) is 0. The predicted octanol–water partition coefficient (Wildman–Crippen LogP) is 3.92. The number of hydrogen-bond donors (Lipinski definition) is 1. The van der Waals surface area contributed by atoms with Gasteiger partial charge in [-0.15, -0.1) is 11.8 Å². The van der Waals surface area contributed by atoms with Crippen LogP contribution in [0.5, 0.6) is 11.5 Å². The number of esters is 1. The molecule has 0 spiro atoms. The zero-order valence-corrected chi connectivity index (χ0v) is 16.8. The van der Waals surface area contributed by atoms with Crippen LogP contribution in [0.15, 0.2) is 41.3 Å². The summed E-state index contributed by atoms with van der Waals surface area (Å²) in [6, 6.07) is 10.6. The molecule has 144 valence electrons. The van der Waals surface area contributed by atoms with Crippen LogP contribution in [-0.2, 0) is 9.53 Å². The van der Waals surface area contributed by atoms with Crippen LogP contribution in [0.25, 0.3) is 0 Å². The summed E-state index contributed by atoms with van der Waals surface area (Å²) < 4.78 is 15.2. The number of ether oxygens (including phenoxy) is 3. The van der Waals surface area contributed by atoms with Crippen molar-refractivity contribution >= 4 is 29.3 Å². The van der Waals surface area contributed by atoms with Crippen molar-refractivity contribution < 1.29 is 23.8 Å². The second-order valence-electron chi connectivity index (χ2n) is 5.79. The molecule has 0 aliphatic carbocycles. The maximum Gasteiger partial charge on any atom is 0.337 e. The Bertz CT molecular complexity index is 837. The Morgan fingerprint density at radius 3 is 2.33 bits per heavy atom. The molecule has 0 bridgehead atoms. The Labute approximate surface area is 163 Å². The Kier molecular flexibility index (Phi) is 7.12. The number of hydrogen-bond acceptors (Lipinski definition) is 6. The van der Waals surface area contributed by atoms with E-state index in [2.05, 4.69) is 5.32 Å². The average molecular weight is 389 g/mol. The van der Waals surface area contributed by atoms with Crippen molar-refractivity contribution in [3.05, 3.63) is 47.5 Å². The van der Waals surface area contributed by atoms with Gasteiger partial charge in [0.05, 0.1) is 32.1 Å². The SMILES string of the molecule is COC(=O)c1ccc(C)c(NC(=O)[C@H](C)Sc2ccc(OC)c(OC)c2)c1. The fourth-order valence-electron chi connectivity index (χ4n) is 2.38. The number of amides is 1. The van der Waals surface area contributed by atoms with E-state index in [9.17, 15) is 9.59 Å². The quantitative estimate of drug-likeness (QED) is 0.572. The number of nitrogens with one attached hydrogen (secondary N) is 1. The number of carbonyl (C=O) groups is 2. The molecule has 0 fully saturated rings. The van der Waals surface area contributed by atoms with E-state index in [-0.39, 0.29) is 11.2 Å². The van der Waals surface area contributed by atoms with Crippen molar-refractivity contribution in [2.45, 2.75) is 24.0 Å². The van der Waals surface area contributed by atoms with Crippen molar-refractivity contribution in [3.63, 3.8) is 0 Å². The highest BCUT2D eigenvalue weighted by Crippen LogP contribution is 2.33. The minimum atomic E-state index is -0.446. The summed E-state index contributed by atoms with van der Waals surface area (Å²) in [4.78, 5) is 25.2. The van der Waals surface area contributed by atoms with E-state index in [4.69, 9.17) is 14.2 Å². The van der Waals surface area contributed by atoms with Gasteiger partial charge in [-0.1, -0.05) is 6.07 Å². The third kappa shape index (κ3) is 5.17. The first-order valence-corrected chi connectivity index (χ1v) is 9.16. The maximum atomic E-state index is 12.6. The standard InChI is InChI=1S/C20H23NO5S/c1-12-6-7-14(20(23)26-5)10-16(12)21-19(22)13(2)27-15-8-9-17(24-3)18(11-15)25-4/h6-11,13H,1-5H3,(H,21,22)/t13-/m0/s1. The van der Waals surface area contributed by atoms with Gasteiger partial charge in [0.15, 0.2) is 11.5 Å². The Morgan fingerprint density at radius 2 is 1.70 bits per heavy atom. The molecule has 6 nitrogen and oxygen atoms in total. The first-order valence-electron chi connectivity index (χ1n) is 8.28. The van der Waals surface area contributed by atoms with Crippen molar-refractivity contribution in [1.29, 1.82) is 0 Å². The average Bonchev–Trinajstić information content (AvgIpc) is 2.68. The largest absolute Gasteiger partial charge is 0.493 e. The minimum absolute atomic E-state index is 0.167. The molecule has 0 radical (unpaired) electrons. The van der Waals surface area contributed by atoms with Crippen LogP contribution in [0.4, 0.5) is 5.69 Å². The van der Waals surface area contributed by atoms with Gasteiger partial charge in [0, 0.05) is 10.6 Å². The van der Waals surface area contributed by atoms with Crippen LogP contribution in [0.2, 0.25) is 0 Å².